The molecule has 27 rings (SSSR count). The van der Waals surface area contributed by atoms with Crippen molar-refractivity contribution in [3.63, 3.8) is 0 Å². The molecule has 5 aromatic heterocycles. The van der Waals surface area contributed by atoms with Gasteiger partial charge in [0.25, 0.3) is 0 Å². The summed E-state index contributed by atoms with van der Waals surface area (Å²) in [4.78, 5) is 20.8. The predicted octanol–water partition coefficient (Wildman–Crippen LogP) is 22.6. The summed E-state index contributed by atoms with van der Waals surface area (Å²) in [5, 5.41) is 11.7. The van der Waals surface area contributed by atoms with E-state index in [1.54, 1.807) is 18.4 Å². The van der Waals surface area contributed by atoms with E-state index >= 15 is 0 Å². The van der Waals surface area contributed by atoms with Crippen LogP contribution in [-0.4, -0.2) is 40.5 Å². The SMILES string of the molecule is COc1ccc2c(c1)C1(c3ccccc3-c3ccccc31)c1cc(-c3ccc(B4c5ccccc5-c5ccc6c7cccnc7c7ncccc7c6c54)cc3)ccc1-2.c1csc(-c2ccc3c(c2)C2(c4ccccc4-c4ccccc42)c2cc(-c4ccc(B5c6ccccc6-c6ccc7c8cccnc8c8ncccc8c7c65)cc4)ccc2-3)c1. The number of rotatable bonds is 6. The number of aromatic nitrogens is 4. The Bertz CT molecular complexity index is 7850. The van der Waals surface area contributed by atoms with Crippen LogP contribution >= 0.6 is 11.3 Å². The van der Waals surface area contributed by atoms with Gasteiger partial charge < -0.3 is 4.74 Å². The maximum Gasteiger partial charge on any atom is 0.243 e. The van der Waals surface area contributed by atoms with Crippen molar-refractivity contribution in [2.45, 2.75) is 10.8 Å². The maximum absolute atomic E-state index is 5.87. The van der Waals surface area contributed by atoms with Gasteiger partial charge in [0.15, 0.2) is 0 Å². The average molecular weight is 1530 g/mol. The lowest BCUT2D eigenvalue weighted by Gasteiger charge is -2.31. The van der Waals surface area contributed by atoms with Gasteiger partial charge in [0, 0.05) is 51.2 Å². The van der Waals surface area contributed by atoms with Crippen molar-refractivity contribution in [1.29, 1.82) is 0 Å². The van der Waals surface area contributed by atoms with Crippen molar-refractivity contribution in [2.24, 2.45) is 0 Å². The van der Waals surface area contributed by atoms with Gasteiger partial charge in [-0.15, -0.1) is 11.3 Å². The highest BCUT2D eigenvalue weighted by molar-refractivity contribution is 7.13. The fourth-order valence-electron chi connectivity index (χ4n) is 22.6. The minimum Gasteiger partial charge on any atom is -0.497 e. The monoisotopic (exact) mass is 1520 g/mol. The zero-order chi connectivity index (χ0) is 77.9. The fourth-order valence-corrected chi connectivity index (χ4v) is 23.3. The first-order valence-electron chi connectivity index (χ1n) is 41.1. The van der Waals surface area contributed by atoms with Gasteiger partial charge in [-0.05, 0) is 227 Å². The van der Waals surface area contributed by atoms with E-state index in [1.165, 1.54) is 198 Å². The number of benzene rings is 16. The van der Waals surface area contributed by atoms with Gasteiger partial charge in [-0.1, -0.05) is 324 Å². The Hall–Kier alpha value is -14.7. The van der Waals surface area contributed by atoms with Gasteiger partial charge >= 0.3 is 0 Å². The topological polar surface area (TPSA) is 60.8 Å². The zero-order valence-electron chi connectivity index (χ0n) is 64.6. The van der Waals surface area contributed by atoms with Crippen LogP contribution in [0.5, 0.6) is 5.75 Å². The first-order valence-corrected chi connectivity index (χ1v) is 42.0. The quantitative estimate of drug-likeness (QED) is 0.123. The van der Waals surface area contributed by atoms with E-state index in [9.17, 15) is 0 Å². The Morgan fingerprint density at radius 3 is 1.00 bits per heavy atom. The minimum absolute atomic E-state index is 0.0701. The van der Waals surface area contributed by atoms with E-state index in [-0.39, 0.29) is 13.4 Å². The molecule has 4 aliphatic carbocycles. The second-order valence-corrected chi connectivity index (χ2v) is 33.6. The summed E-state index contributed by atoms with van der Waals surface area (Å²) in [7, 11) is 1.76. The van der Waals surface area contributed by atoms with Crippen LogP contribution in [0.2, 0.25) is 0 Å². The molecule has 21 aromatic rings. The Labute approximate surface area is 692 Å². The largest absolute Gasteiger partial charge is 0.497 e. The zero-order valence-corrected chi connectivity index (χ0v) is 65.4. The lowest BCUT2D eigenvalue weighted by atomic mass is 9.38. The summed E-state index contributed by atoms with van der Waals surface area (Å²) in [5.74, 6) is 0.876. The molecule has 0 N–H and O–H groups in total. The van der Waals surface area contributed by atoms with Crippen molar-refractivity contribution in [2.75, 3.05) is 7.11 Å². The number of hydrogen-bond donors (Lipinski definition) is 0. The lowest BCUT2D eigenvalue weighted by molar-refractivity contribution is 0.414. The number of thiophene rings is 1. The third-order valence-electron chi connectivity index (χ3n) is 27.3. The Morgan fingerprint density at radius 1 is 0.252 bits per heavy atom. The summed E-state index contributed by atoms with van der Waals surface area (Å²) in [5.41, 5.74) is 43.4. The molecule has 0 fully saturated rings. The van der Waals surface area contributed by atoms with Gasteiger partial charge in [0.1, 0.15) is 5.75 Å². The van der Waals surface area contributed by atoms with Crippen LogP contribution in [-0.2, 0) is 10.8 Å². The highest BCUT2D eigenvalue weighted by Gasteiger charge is 2.54. The van der Waals surface area contributed by atoms with E-state index in [0.717, 1.165) is 49.4 Å². The molecule has 0 bridgehead atoms. The van der Waals surface area contributed by atoms with E-state index in [4.69, 9.17) is 24.7 Å². The summed E-state index contributed by atoms with van der Waals surface area (Å²) >= 11 is 1.81. The van der Waals surface area contributed by atoms with Crippen LogP contribution < -0.4 is 37.5 Å². The number of hydrogen-bond acceptors (Lipinski definition) is 6. The van der Waals surface area contributed by atoms with Gasteiger partial charge in [0.05, 0.1) is 40.0 Å². The Balaban J connectivity index is 0.000000129. The first-order chi connectivity index (χ1) is 59.0. The van der Waals surface area contributed by atoms with Crippen molar-refractivity contribution in [1.82, 2.24) is 19.9 Å². The second kappa shape index (κ2) is 25.2. The van der Waals surface area contributed by atoms with Gasteiger partial charge in [-0.2, -0.15) is 0 Å². The number of pyridine rings is 4. The van der Waals surface area contributed by atoms with Gasteiger partial charge in [-0.3, -0.25) is 19.9 Å². The molecule has 2 spiro atoms. The normalized spacial score (nSPS) is 13.7. The summed E-state index contributed by atoms with van der Waals surface area (Å²) in [6.07, 6.45) is 7.53. The molecule has 16 aromatic carbocycles. The van der Waals surface area contributed by atoms with Crippen LogP contribution in [0.15, 0.2) is 382 Å². The summed E-state index contributed by atoms with van der Waals surface area (Å²) < 4.78 is 5.87. The second-order valence-electron chi connectivity index (χ2n) is 32.6. The van der Waals surface area contributed by atoms with E-state index in [0.29, 0.717) is 0 Å². The molecule has 0 atom stereocenters. The fraction of sp³-hybridized carbons (Fsp3) is 0.0270. The molecule has 0 saturated heterocycles. The van der Waals surface area contributed by atoms with Crippen LogP contribution in [0, 0.1) is 0 Å². The van der Waals surface area contributed by atoms with Gasteiger partial charge in [-0.25, -0.2) is 0 Å². The smallest absolute Gasteiger partial charge is 0.243 e. The molecule has 7 heterocycles. The average Bonchev–Trinajstić information content (AvgIpc) is 1.52. The van der Waals surface area contributed by atoms with Crippen LogP contribution in [0.1, 0.15) is 44.5 Å². The standard InChI is InChI=1S/C57H33BN2S.C54H33BN2O/c1-4-15-47-38(10-1)39-11-2-5-16-48(39)57(47)49-32-35(21-25-40(49)41-26-22-36(33-50(41)57)52-18-9-31-61-52)34-19-23-37(24-20-34)58-51-17-6-3-12-42(51)44-28-27-43-45-13-7-29-59-55(45)56-46(14-8-30-60-56)53(43)54(44)58;1-58-35-23-25-39-38-24-20-33(30-47(38)54(48(39)31-35)45-15-5-2-10-36(45)37-11-3-6-16-46(37)54)32-18-21-34(22-19-32)55-49-17-7-4-12-40(49)42-27-26-41-43-13-8-28-56-52(43)53-44(14-9-29-57-53)50(41)51(42)55/h1-33H;2-31H,1H3. The molecule has 548 valence electrons. The van der Waals surface area contributed by atoms with Crippen LogP contribution in [0.3, 0.4) is 0 Å². The molecule has 0 radical (unpaired) electrons. The van der Waals surface area contributed by atoms with E-state index in [2.05, 4.69) is 345 Å². The molecular weight excluding hydrogens is 1460 g/mol. The van der Waals surface area contributed by atoms with Crippen molar-refractivity contribution in [3.05, 3.63) is 427 Å². The Kier molecular flexibility index (Phi) is 14.1. The highest BCUT2D eigenvalue weighted by Crippen LogP contribution is 2.66. The van der Waals surface area contributed by atoms with E-state index in [1.807, 2.05) is 36.9 Å². The van der Waals surface area contributed by atoms with E-state index < -0.39 is 10.8 Å². The number of fused-ring (bicyclic) bond motifs is 40. The Morgan fingerprint density at radius 2 is 0.588 bits per heavy atom. The molecule has 0 unspecified atom stereocenters. The van der Waals surface area contributed by atoms with Crippen molar-refractivity contribution < 1.29 is 4.74 Å². The molecular formula is C111H66B2N4OS. The van der Waals surface area contributed by atoms with Crippen molar-refractivity contribution >= 4 is 123 Å². The number of nitrogens with zero attached hydrogens (tertiary/aromatic N) is 4. The minimum atomic E-state index is -0.446. The van der Waals surface area contributed by atoms with Crippen molar-refractivity contribution in [3.8, 4) is 105 Å². The maximum atomic E-state index is 5.87. The number of methoxy groups -OCH3 is 1. The van der Waals surface area contributed by atoms with Gasteiger partial charge in [0.2, 0.25) is 13.4 Å². The lowest BCUT2D eigenvalue weighted by Crippen LogP contribution is -2.49. The molecule has 0 amide bonds. The molecule has 6 aliphatic rings. The first kappa shape index (κ1) is 66.6. The summed E-state index contributed by atoms with van der Waals surface area (Å²) in [6, 6.07) is 132. The van der Waals surface area contributed by atoms with Crippen LogP contribution in [0.25, 0.3) is 165 Å². The molecule has 2 aliphatic heterocycles. The van der Waals surface area contributed by atoms with Crippen LogP contribution in [0.4, 0.5) is 0 Å². The molecule has 8 heteroatoms. The molecule has 119 heavy (non-hydrogen) atoms. The molecule has 0 saturated carbocycles. The predicted molar refractivity (Wildman–Crippen MR) is 496 cm³/mol. The third-order valence-corrected chi connectivity index (χ3v) is 28.3. The highest BCUT2D eigenvalue weighted by atomic mass is 32.1. The third kappa shape index (κ3) is 9.05. The number of ether oxygens (including phenoxy) is 1. The summed E-state index contributed by atoms with van der Waals surface area (Å²) in [6.45, 7) is 0.143. The molecule has 5 nitrogen and oxygen atoms in total.